The number of hydrogen-bond donors (Lipinski definition) is 2. The van der Waals surface area contributed by atoms with Gasteiger partial charge in [0.15, 0.2) is 0 Å². The second-order valence-corrected chi connectivity index (χ2v) is 6.15. The Hall–Kier alpha value is -3.26. The first-order valence-corrected chi connectivity index (χ1v) is 9.03. The molecule has 2 aromatic rings. The average molecular weight is 363 g/mol. The molecule has 0 heterocycles. The van der Waals surface area contributed by atoms with Crippen LogP contribution < -0.4 is 15.4 Å². The third-order valence-corrected chi connectivity index (χ3v) is 4.13. The van der Waals surface area contributed by atoms with E-state index in [0.29, 0.717) is 6.54 Å². The van der Waals surface area contributed by atoms with Crippen molar-refractivity contribution in [2.24, 2.45) is 0 Å². The molecule has 0 aromatic heterocycles. The average Bonchev–Trinajstić information content (AvgIpc) is 2.72. The Balaban J connectivity index is 1.90. The summed E-state index contributed by atoms with van der Waals surface area (Å²) in [5, 5.41) is 15.0. The molecule has 2 N–H and O–H groups in total. The normalized spacial score (nSPS) is 10.8. The van der Waals surface area contributed by atoms with E-state index in [-0.39, 0.29) is 5.57 Å². The summed E-state index contributed by atoms with van der Waals surface area (Å²) in [6.07, 6.45) is 4.83. The van der Waals surface area contributed by atoms with E-state index in [0.717, 1.165) is 23.4 Å². The molecule has 0 atom stereocenters. The molecule has 0 radical (unpaired) electrons. The zero-order valence-corrected chi connectivity index (χ0v) is 15.8. The number of ether oxygens (including phenoxy) is 1. The van der Waals surface area contributed by atoms with Crippen LogP contribution in [0.3, 0.4) is 0 Å². The van der Waals surface area contributed by atoms with Crippen LogP contribution in [0.1, 0.15) is 30.9 Å². The van der Waals surface area contributed by atoms with Crippen LogP contribution in [-0.2, 0) is 17.8 Å². The van der Waals surface area contributed by atoms with E-state index in [4.69, 9.17) is 4.74 Å². The van der Waals surface area contributed by atoms with Crippen LogP contribution in [0.4, 0.5) is 5.69 Å². The number of methoxy groups -OCH3 is 1. The highest BCUT2D eigenvalue weighted by atomic mass is 16.5. The quantitative estimate of drug-likeness (QED) is 0.518. The van der Waals surface area contributed by atoms with Gasteiger partial charge in [-0.05, 0) is 48.2 Å². The van der Waals surface area contributed by atoms with Crippen LogP contribution in [-0.4, -0.2) is 13.0 Å². The van der Waals surface area contributed by atoms with Crippen LogP contribution in [0.25, 0.3) is 0 Å². The van der Waals surface area contributed by atoms with Crippen molar-refractivity contribution in [1.29, 1.82) is 5.26 Å². The Morgan fingerprint density at radius 3 is 2.37 bits per heavy atom. The fraction of sp³-hybridized carbons (Fsp3) is 0.273. The molecule has 140 valence electrons. The molecule has 0 spiro atoms. The number of amides is 1. The van der Waals surface area contributed by atoms with E-state index < -0.39 is 5.91 Å². The maximum Gasteiger partial charge on any atom is 0.263 e. The van der Waals surface area contributed by atoms with Crippen LogP contribution in [0.5, 0.6) is 5.75 Å². The highest BCUT2D eigenvalue weighted by Crippen LogP contribution is 2.13. The number of nitriles is 1. The third kappa shape index (κ3) is 6.52. The first kappa shape index (κ1) is 20.1. The summed E-state index contributed by atoms with van der Waals surface area (Å²) < 4.78 is 5.10. The van der Waals surface area contributed by atoms with Gasteiger partial charge in [0.05, 0.1) is 7.11 Å². The number of nitrogens with one attached hydrogen (secondary N) is 2. The third-order valence-electron chi connectivity index (χ3n) is 4.13. The molecule has 5 nitrogen and oxygen atoms in total. The van der Waals surface area contributed by atoms with Crippen molar-refractivity contribution in [2.45, 2.75) is 32.7 Å². The minimum absolute atomic E-state index is 0.0265. The lowest BCUT2D eigenvalue weighted by Gasteiger charge is -2.07. The van der Waals surface area contributed by atoms with Crippen molar-refractivity contribution in [2.75, 3.05) is 12.4 Å². The molecule has 0 saturated heterocycles. The van der Waals surface area contributed by atoms with Gasteiger partial charge in [0.2, 0.25) is 0 Å². The van der Waals surface area contributed by atoms with Crippen LogP contribution in [0.15, 0.2) is 60.3 Å². The van der Waals surface area contributed by atoms with E-state index in [1.807, 2.05) is 42.5 Å². The number of hydrogen-bond acceptors (Lipinski definition) is 4. The van der Waals surface area contributed by atoms with Gasteiger partial charge >= 0.3 is 0 Å². The van der Waals surface area contributed by atoms with E-state index in [1.165, 1.54) is 24.6 Å². The molecule has 0 bridgehead atoms. The maximum atomic E-state index is 12.2. The fourth-order valence-electron chi connectivity index (χ4n) is 2.47. The Labute approximate surface area is 160 Å². The minimum atomic E-state index is -0.416. The number of carbonyl (C=O) groups excluding carboxylic acids is 1. The topological polar surface area (TPSA) is 74.2 Å². The largest absolute Gasteiger partial charge is 0.497 e. The molecule has 2 rings (SSSR count). The molecule has 5 heteroatoms. The molecule has 1 amide bonds. The first-order valence-electron chi connectivity index (χ1n) is 9.03. The van der Waals surface area contributed by atoms with Crippen LogP contribution in [0.2, 0.25) is 0 Å². The molecule has 0 fully saturated rings. The summed E-state index contributed by atoms with van der Waals surface area (Å²) in [7, 11) is 1.60. The molecule has 2 aromatic carbocycles. The minimum Gasteiger partial charge on any atom is -0.497 e. The Kier molecular flexibility index (Phi) is 7.92. The lowest BCUT2D eigenvalue weighted by molar-refractivity contribution is -0.117. The number of anilines is 1. The van der Waals surface area contributed by atoms with E-state index in [2.05, 4.69) is 29.7 Å². The molecule has 0 unspecified atom stereocenters. The highest BCUT2D eigenvalue weighted by molar-refractivity contribution is 5.97. The number of nitrogens with zero attached hydrogens (tertiary/aromatic N) is 1. The second kappa shape index (κ2) is 10.7. The van der Waals surface area contributed by atoms with Gasteiger partial charge in [0.1, 0.15) is 17.4 Å². The first-order chi connectivity index (χ1) is 13.2. The van der Waals surface area contributed by atoms with Crippen LogP contribution in [0, 0.1) is 11.3 Å². The summed E-state index contributed by atoms with van der Waals surface area (Å²) in [6, 6.07) is 17.3. The molecule has 27 heavy (non-hydrogen) atoms. The monoisotopic (exact) mass is 363 g/mol. The molecular formula is C22H25N3O2. The second-order valence-electron chi connectivity index (χ2n) is 6.15. The molecule has 0 aliphatic heterocycles. The lowest BCUT2D eigenvalue weighted by Crippen LogP contribution is -2.24. The Bertz CT molecular complexity index is 803. The Morgan fingerprint density at radius 1 is 1.11 bits per heavy atom. The van der Waals surface area contributed by atoms with Crippen molar-refractivity contribution in [1.82, 2.24) is 5.32 Å². The summed E-state index contributed by atoms with van der Waals surface area (Å²) in [5.74, 6) is 0.341. The van der Waals surface area contributed by atoms with Crippen molar-refractivity contribution in [3.63, 3.8) is 0 Å². The van der Waals surface area contributed by atoms with E-state index >= 15 is 0 Å². The van der Waals surface area contributed by atoms with Crippen molar-refractivity contribution in [3.8, 4) is 11.8 Å². The maximum absolute atomic E-state index is 12.2. The standard InChI is InChI=1S/C22H25N3O2/c1-3-4-5-17-6-10-20(11-7-17)24-16-19(14-23)22(26)25-15-18-8-12-21(27-2)13-9-18/h6-13,16,24H,3-5,15H2,1-2H3,(H,25,26)/b19-16-. The number of rotatable bonds is 9. The SMILES string of the molecule is CCCCc1ccc(N/C=C(/C#N)C(=O)NCc2ccc(OC)cc2)cc1. The van der Waals surface area contributed by atoms with Gasteiger partial charge in [-0.1, -0.05) is 37.6 Å². The summed E-state index contributed by atoms with van der Waals surface area (Å²) in [5.41, 5.74) is 3.07. The van der Waals surface area contributed by atoms with Gasteiger partial charge in [-0.3, -0.25) is 4.79 Å². The summed E-state index contributed by atoms with van der Waals surface area (Å²) >= 11 is 0. The number of benzene rings is 2. The van der Waals surface area contributed by atoms with Gasteiger partial charge < -0.3 is 15.4 Å². The fourth-order valence-corrected chi connectivity index (χ4v) is 2.47. The predicted octanol–water partition coefficient (Wildman–Crippen LogP) is 4.17. The van der Waals surface area contributed by atoms with Crippen molar-refractivity contribution in [3.05, 3.63) is 71.4 Å². The summed E-state index contributed by atoms with van der Waals surface area (Å²) in [4.78, 5) is 12.2. The molecule has 0 aliphatic carbocycles. The number of unbranched alkanes of at least 4 members (excludes halogenated alkanes) is 1. The highest BCUT2D eigenvalue weighted by Gasteiger charge is 2.08. The van der Waals surface area contributed by atoms with E-state index in [9.17, 15) is 10.1 Å². The molecule has 0 saturated carbocycles. The molecular weight excluding hydrogens is 338 g/mol. The summed E-state index contributed by atoms with van der Waals surface area (Å²) in [6.45, 7) is 2.51. The van der Waals surface area contributed by atoms with Crippen LogP contribution >= 0.6 is 0 Å². The van der Waals surface area contributed by atoms with E-state index in [1.54, 1.807) is 7.11 Å². The Morgan fingerprint density at radius 2 is 1.78 bits per heavy atom. The van der Waals surface area contributed by atoms with Crippen molar-refractivity contribution < 1.29 is 9.53 Å². The van der Waals surface area contributed by atoms with Gasteiger partial charge in [-0.25, -0.2) is 0 Å². The predicted molar refractivity (Wildman–Crippen MR) is 107 cm³/mol. The number of aryl methyl sites for hydroxylation is 1. The zero-order chi connectivity index (χ0) is 19.5. The number of carbonyl (C=O) groups is 1. The van der Waals surface area contributed by atoms with Crippen molar-refractivity contribution >= 4 is 11.6 Å². The smallest absolute Gasteiger partial charge is 0.263 e. The van der Waals surface area contributed by atoms with Gasteiger partial charge in [-0.15, -0.1) is 0 Å². The lowest BCUT2D eigenvalue weighted by atomic mass is 10.1. The van der Waals surface area contributed by atoms with Gasteiger partial charge in [0.25, 0.3) is 5.91 Å². The zero-order valence-electron chi connectivity index (χ0n) is 15.8. The van der Waals surface area contributed by atoms with Gasteiger partial charge in [0, 0.05) is 18.4 Å². The molecule has 0 aliphatic rings. The van der Waals surface area contributed by atoms with Gasteiger partial charge in [-0.2, -0.15) is 5.26 Å².